The number of rotatable bonds is 9. The first-order chi connectivity index (χ1) is 15.9. The van der Waals surface area contributed by atoms with Crippen LogP contribution in [0.5, 0.6) is 5.75 Å². The first-order valence-corrected chi connectivity index (χ1v) is 11.8. The number of benzene rings is 2. The third-order valence-electron chi connectivity index (χ3n) is 4.73. The molecule has 2 amide bonds. The number of sulfonamides is 1. The minimum Gasteiger partial charge on any atom is -0.494 e. The third-order valence-corrected chi connectivity index (χ3v) is 6.64. The van der Waals surface area contributed by atoms with Crippen LogP contribution in [0.1, 0.15) is 22.8 Å². The van der Waals surface area contributed by atoms with Gasteiger partial charge in [0, 0.05) is 18.7 Å². The van der Waals surface area contributed by atoms with E-state index in [9.17, 15) is 18.0 Å². The van der Waals surface area contributed by atoms with Crippen LogP contribution in [0.15, 0.2) is 58.5 Å². The van der Waals surface area contributed by atoms with E-state index in [4.69, 9.17) is 9.47 Å². The topological polar surface area (TPSA) is 126 Å². The van der Waals surface area contributed by atoms with Crippen LogP contribution in [0.3, 0.4) is 0 Å². The molecule has 2 aromatic carbocycles. The van der Waals surface area contributed by atoms with E-state index in [-0.39, 0.29) is 17.0 Å². The molecule has 0 unspecified atom stereocenters. The molecule has 0 aliphatic carbocycles. The Morgan fingerprint density at radius 3 is 2.39 bits per heavy atom. The summed E-state index contributed by atoms with van der Waals surface area (Å²) >= 11 is 0. The maximum Gasteiger partial charge on any atom is 0.259 e. The molecule has 2 N–H and O–H groups in total. The van der Waals surface area contributed by atoms with Gasteiger partial charge in [0.15, 0.2) is 0 Å². The van der Waals surface area contributed by atoms with Crippen molar-refractivity contribution in [2.75, 3.05) is 39.5 Å². The second-order valence-electron chi connectivity index (χ2n) is 7.02. The number of carbonyl (C=O) groups is 2. The van der Waals surface area contributed by atoms with Crippen molar-refractivity contribution in [1.82, 2.24) is 15.0 Å². The number of morpholine rings is 1. The van der Waals surface area contributed by atoms with Gasteiger partial charge in [-0.1, -0.05) is 0 Å². The molecule has 0 atom stereocenters. The van der Waals surface area contributed by atoms with Gasteiger partial charge >= 0.3 is 0 Å². The molecule has 1 aliphatic heterocycles. The van der Waals surface area contributed by atoms with Gasteiger partial charge in [0.2, 0.25) is 10.0 Å². The molecule has 3 rings (SSSR count). The summed E-state index contributed by atoms with van der Waals surface area (Å²) in [6.07, 6.45) is 1.48. The standard InChI is InChI=1S/C22H26N4O6S/c1-2-32-19-7-3-17(4-8-19)15-24-25-21(27)16-23-22(28)18-5-9-20(10-6-18)33(29,30)26-11-13-31-14-12-26/h3-10,15H,2,11-14,16H2,1H3,(H,23,28)(H,25,27). The molecule has 1 aliphatic rings. The van der Waals surface area contributed by atoms with E-state index < -0.39 is 21.8 Å². The van der Waals surface area contributed by atoms with Crippen LogP contribution >= 0.6 is 0 Å². The third kappa shape index (κ3) is 6.85. The Hall–Kier alpha value is -3.28. The van der Waals surface area contributed by atoms with Gasteiger partial charge in [-0.25, -0.2) is 13.8 Å². The van der Waals surface area contributed by atoms with E-state index >= 15 is 0 Å². The van der Waals surface area contributed by atoms with Crippen molar-refractivity contribution in [3.8, 4) is 5.75 Å². The summed E-state index contributed by atoms with van der Waals surface area (Å²) in [4.78, 5) is 24.3. The lowest BCUT2D eigenvalue weighted by atomic mass is 10.2. The summed E-state index contributed by atoms with van der Waals surface area (Å²) in [6, 6.07) is 12.8. The van der Waals surface area contributed by atoms with Gasteiger partial charge < -0.3 is 14.8 Å². The Bertz CT molecular complexity index is 1080. The lowest BCUT2D eigenvalue weighted by Crippen LogP contribution is -2.40. The summed E-state index contributed by atoms with van der Waals surface area (Å²) in [7, 11) is -3.63. The summed E-state index contributed by atoms with van der Waals surface area (Å²) in [5, 5.41) is 6.33. The van der Waals surface area contributed by atoms with Crippen molar-refractivity contribution in [2.45, 2.75) is 11.8 Å². The van der Waals surface area contributed by atoms with E-state index in [1.165, 1.54) is 34.8 Å². The van der Waals surface area contributed by atoms with Crippen molar-refractivity contribution in [2.24, 2.45) is 5.10 Å². The highest BCUT2D eigenvalue weighted by Crippen LogP contribution is 2.17. The molecule has 0 radical (unpaired) electrons. The molecule has 10 nitrogen and oxygen atoms in total. The normalized spacial score (nSPS) is 14.7. The van der Waals surface area contributed by atoms with Crippen molar-refractivity contribution >= 4 is 28.1 Å². The summed E-state index contributed by atoms with van der Waals surface area (Å²) < 4.78 is 37.1. The average molecular weight is 475 g/mol. The van der Waals surface area contributed by atoms with E-state index in [1.807, 2.05) is 6.92 Å². The SMILES string of the molecule is CCOc1ccc(C=NNC(=O)CNC(=O)c2ccc(S(=O)(=O)N3CCOCC3)cc2)cc1. The molecule has 1 heterocycles. The van der Waals surface area contributed by atoms with E-state index in [0.29, 0.717) is 32.9 Å². The fourth-order valence-corrected chi connectivity index (χ4v) is 4.42. The Balaban J connectivity index is 1.47. The average Bonchev–Trinajstić information content (AvgIpc) is 2.84. The second-order valence-corrected chi connectivity index (χ2v) is 8.96. The van der Waals surface area contributed by atoms with Gasteiger partial charge in [-0.15, -0.1) is 0 Å². The molecular weight excluding hydrogens is 448 g/mol. The number of amides is 2. The fraction of sp³-hybridized carbons (Fsp3) is 0.318. The molecule has 0 saturated carbocycles. The van der Waals surface area contributed by atoms with Crippen LogP contribution in [0.2, 0.25) is 0 Å². The Labute approximate surface area is 192 Å². The fourth-order valence-electron chi connectivity index (χ4n) is 3.01. The van der Waals surface area contributed by atoms with Crippen molar-refractivity contribution in [3.05, 3.63) is 59.7 Å². The monoisotopic (exact) mass is 474 g/mol. The number of hydrazone groups is 1. The van der Waals surface area contributed by atoms with Crippen LogP contribution in [0.25, 0.3) is 0 Å². The molecular formula is C22H26N4O6S. The second kappa shape index (κ2) is 11.5. The minimum absolute atomic E-state index is 0.0994. The zero-order chi connectivity index (χ0) is 23.7. The highest BCUT2D eigenvalue weighted by molar-refractivity contribution is 7.89. The van der Waals surface area contributed by atoms with Gasteiger partial charge in [0.25, 0.3) is 11.8 Å². The van der Waals surface area contributed by atoms with Gasteiger partial charge in [-0.05, 0) is 61.0 Å². The number of carbonyl (C=O) groups excluding carboxylic acids is 2. The van der Waals surface area contributed by atoms with Crippen LogP contribution in [-0.2, 0) is 19.6 Å². The van der Waals surface area contributed by atoms with E-state index in [0.717, 1.165) is 11.3 Å². The maximum absolute atomic E-state index is 12.6. The molecule has 0 spiro atoms. The first-order valence-electron chi connectivity index (χ1n) is 10.4. The van der Waals surface area contributed by atoms with E-state index in [1.54, 1.807) is 24.3 Å². The van der Waals surface area contributed by atoms with Gasteiger partial charge in [0.1, 0.15) is 5.75 Å². The molecule has 176 valence electrons. The molecule has 1 saturated heterocycles. The van der Waals surface area contributed by atoms with E-state index in [2.05, 4.69) is 15.8 Å². The van der Waals surface area contributed by atoms with Gasteiger partial charge in [-0.2, -0.15) is 9.41 Å². The summed E-state index contributed by atoms with van der Waals surface area (Å²) in [6.45, 7) is 3.48. The molecule has 2 aromatic rings. The van der Waals surface area contributed by atoms with Crippen molar-refractivity contribution < 1.29 is 27.5 Å². The number of nitrogens with zero attached hydrogens (tertiary/aromatic N) is 2. The minimum atomic E-state index is -3.63. The molecule has 33 heavy (non-hydrogen) atoms. The zero-order valence-electron chi connectivity index (χ0n) is 18.2. The first kappa shape index (κ1) is 24.4. The Morgan fingerprint density at radius 2 is 1.76 bits per heavy atom. The Morgan fingerprint density at radius 1 is 1.09 bits per heavy atom. The van der Waals surface area contributed by atoms with Crippen molar-refractivity contribution in [1.29, 1.82) is 0 Å². The Kier molecular flexibility index (Phi) is 8.52. The molecule has 11 heteroatoms. The predicted molar refractivity (Wildman–Crippen MR) is 122 cm³/mol. The van der Waals surface area contributed by atoms with Crippen LogP contribution in [0.4, 0.5) is 0 Å². The number of nitrogens with one attached hydrogen (secondary N) is 2. The zero-order valence-corrected chi connectivity index (χ0v) is 19.0. The van der Waals surface area contributed by atoms with Crippen LogP contribution in [0, 0.1) is 0 Å². The highest BCUT2D eigenvalue weighted by atomic mass is 32.2. The molecule has 0 aromatic heterocycles. The van der Waals surface area contributed by atoms with Crippen molar-refractivity contribution in [3.63, 3.8) is 0 Å². The van der Waals surface area contributed by atoms with Crippen LogP contribution < -0.4 is 15.5 Å². The lowest BCUT2D eigenvalue weighted by molar-refractivity contribution is -0.120. The van der Waals surface area contributed by atoms with Crippen LogP contribution in [-0.4, -0.2) is 70.2 Å². The highest BCUT2D eigenvalue weighted by Gasteiger charge is 2.26. The lowest BCUT2D eigenvalue weighted by Gasteiger charge is -2.26. The molecule has 1 fully saturated rings. The number of hydrogen-bond acceptors (Lipinski definition) is 7. The molecule has 0 bridgehead atoms. The number of ether oxygens (including phenoxy) is 2. The smallest absolute Gasteiger partial charge is 0.259 e. The predicted octanol–water partition coefficient (Wildman–Crippen LogP) is 0.986. The maximum atomic E-state index is 12.6. The quantitative estimate of drug-likeness (QED) is 0.412. The largest absolute Gasteiger partial charge is 0.494 e. The van der Waals surface area contributed by atoms with Gasteiger partial charge in [0.05, 0.1) is 37.5 Å². The number of hydrogen-bond donors (Lipinski definition) is 2. The van der Waals surface area contributed by atoms with Gasteiger partial charge in [-0.3, -0.25) is 9.59 Å². The summed E-state index contributed by atoms with van der Waals surface area (Å²) in [5.41, 5.74) is 3.34. The summed E-state index contributed by atoms with van der Waals surface area (Å²) in [5.74, 6) is -0.263.